The van der Waals surface area contributed by atoms with Crippen molar-refractivity contribution in [3.05, 3.63) is 33.6 Å². The summed E-state index contributed by atoms with van der Waals surface area (Å²) >= 11 is 1.73. The average Bonchev–Trinajstić information content (AvgIpc) is 3.15. The second-order valence-electron chi connectivity index (χ2n) is 6.17. The van der Waals surface area contributed by atoms with Crippen LogP contribution in [0.4, 0.5) is 0 Å². The van der Waals surface area contributed by atoms with Crippen LogP contribution in [0.25, 0.3) is 0 Å². The molecule has 0 aliphatic carbocycles. The lowest BCUT2D eigenvalue weighted by molar-refractivity contribution is 0.0665. The van der Waals surface area contributed by atoms with Gasteiger partial charge >= 0.3 is 0 Å². The predicted molar refractivity (Wildman–Crippen MR) is 85.3 cm³/mol. The minimum absolute atomic E-state index is 0.0580. The monoisotopic (exact) mass is 319 g/mol. The molecule has 0 aromatic carbocycles. The van der Waals surface area contributed by atoms with Crippen molar-refractivity contribution < 1.29 is 9.32 Å². The second-order valence-corrected chi connectivity index (χ2v) is 7.44. The first-order valence-electron chi connectivity index (χ1n) is 7.73. The van der Waals surface area contributed by atoms with Crippen molar-refractivity contribution in [3.63, 3.8) is 0 Å². The van der Waals surface area contributed by atoms with Gasteiger partial charge < -0.3 is 9.42 Å². The highest BCUT2D eigenvalue weighted by Crippen LogP contribution is 2.30. The molecular formula is C16H21N3O2S. The van der Waals surface area contributed by atoms with Gasteiger partial charge in [-0.25, -0.2) is 4.98 Å². The van der Waals surface area contributed by atoms with Crippen LogP contribution in [0.1, 0.15) is 64.7 Å². The molecule has 1 fully saturated rings. The first-order chi connectivity index (χ1) is 10.5. The van der Waals surface area contributed by atoms with Crippen molar-refractivity contribution in [2.24, 2.45) is 0 Å². The summed E-state index contributed by atoms with van der Waals surface area (Å²) in [5, 5.41) is 5.11. The van der Waals surface area contributed by atoms with Crippen LogP contribution >= 0.6 is 11.3 Å². The molecule has 0 saturated carbocycles. The number of rotatable bonds is 3. The molecule has 1 aliphatic rings. The molecule has 0 spiro atoms. The van der Waals surface area contributed by atoms with Crippen molar-refractivity contribution in [1.82, 2.24) is 15.0 Å². The fraction of sp³-hybridized carbons (Fsp3) is 0.562. The lowest BCUT2D eigenvalue weighted by Crippen LogP contribution is -2.38. The molecule has 1 amide bonds. The van der Waals surface area contributed by atoms with E-state index in [0.29, 0.717) is 18.2 Å². The van der Waals surface area contributed by atoms with E-state index < -0.39 is 0 Å². The molecule has 2 aromatic rings. The number of aryl methyl sites for hydroxylation is 1. The van der Waals surface area contributed by atoms with Crippen LogP contribution in [0.3, 0.4) is 0 Å². The van der Waals surface area contributed by atoms with Gasteiger partial charge in [-0.2, -0.15) is 0 Å². The summed E-state index contributed by atoms with van der Waals surface area (Å²) in [6.45, 7) is 7.62. The summed E-state index contributed by atoms with van der Waals surface area (Å²) in [6.07, 6.45) is 4.00. The van der Waals surface area contributed by atoms with Crippen molar-refractivity contribution >= 4 is 17.2 Å². The second kappa shape index (κ2) is 6.20. The highest BCUT2D eigenvalue weighted by Gasteiger charge is 2.29. The largest absolute Gasteiger partial charge is 0.351 e. The molecule has 0 radical (unpaired) electrons. The minimum Gasteiger partial charge on any atom is -0.351 e. The van der Waals surface area contributed by atoms with Crippen molar-refractivity contribution in [2.75, 3.05) is 13.1 Å². The molecule has 2 aromatic heterocycles. The Bertz CT molecular complexity index is 662. The Balaban J connectivity index is 1.72. The number of likely N-dealkylation sites (tertiary alicyclic amines) is 1. The number of hydrogen-bond acceptors (Lipinski definition) is 5. The van der Waals surface area contributed by atoms with Gasteiger partial charge in [-0.1, -0.05) is 19.0 Å². The van der Waals surface area contributed by atoms with Gasteiger partial charge in [0.05, 0.1) is 10.7 Å². The normalized spacial score (nSPS) is 18.9. The van der Waals surface area contributed by atoms with Crippen molar-refractivity contribution in [2.45, 2.75) is 45.4 Å². The fourth-order valence-electron chi connectivity index (χ4n) is 2.74. The molecule has 3 heterocycles. The number of amides is 1. The van der Waals surface area contributed by atoms with Gasteiger partial charge in [0, 0.05) is 36.1 Å². The van der Waals surface area contributed by atoms with Crippen LogP contribution in [0.15, 0.2) is 16.8 Å². The SMILES string of the molecule is Cc1cnc([C@H]2CCCN(C(=O)c3cc(C(C)C)no3)C2)s1. The Hall–Kier alpha value is -1.69. The zero-order valence-electron chi connectivity index (χ0n) is 13.2. The molecule has 118 valence electrons. The van der Waals surface area contributed by atoms with E-state index in [4.69, 9.17) is 4.52 Å². The third kappa shape index (κ3) is 3.06. The maximum absolute atomic E-state index is 12.6. The summed E-state index contributed by atoms with van der Waals surface area (Å²) in [5.41, 5.74) is 0.826. The Morgan fingerprint density at radius 1 is 1.50 bits per heavy atom. The molecule has 6 heteroatoms. The summed E-state index contributed by atoms with van der Waals surface area (Å²) in [6, 6.07) is 1.77. The Kier molecular flexibility index (Phi) is 4.29. The summed E-state index contributed by atoms with van der Waals surface area (Å²) in [4.78, 5) is 20.2. The van der Waals surface area contributed by atoms with Crippen molar-refractivity contribution in [3.8, 4) is 0 Å². The number of hydrogen-bond donors (Lipinski definition) is 0. The molecular weight excluding hydrogens is 298 g/mol. The summed E-state index contributed by atoms with van der Waals surface area (Å²) in [7, 11) is 0. The van der Waals surface area contributed by atoms with Crippen molar-refractivity contribution in [1.29, 1.82) is 0 Å². The first kappa shape index (κ1) is 15.2. The van der Waals surface area contributed by atoms with E-state index in [0.717, 1.165) is 30.1 Å². The molecule has 1 saturated heterocycles. The number of aromatic nitrogens is 2. The maximum atomic E-state index is 12.6. The zero-order valence-corrected chi connectivity index (χ0v) is 14.0. The number of carbonyl (C=O) groups excluding carboxylic acids is 1. The summed E-state index contributed by atoms with van der Waals surface area (Å²) < 4.78 is 5.23. The van der Waals surface area contributed by atoms with Crippen LogP contribution in [-0.4, -0.2) is 34.0 Å². The lowest BCUT2D eigenvalue weighted by atomic mass is 9.98. The Labute approximate surface area is 134 Å². The Morgan fingerprint density at radius 2 is 2.32 bits per heavy atom. The molecule has 0 bridgehead atoms. The summed E-state index contributed by atoms with van der Waals surface area (Å²) in [5.74, 6) is 0.888. The molecule has 5 nitrogen and oxygen atoms in total. The third-order valence-electron chi connectivity index (χ3n) is 4.03. The van der Waals surface area contributed by atoms with E-state index in [-0.39, 0.29) is 11.8 Å². The maximum Gasteiger partial charge on any atom is 0.292 e. The van der Waals surface area contributed by atoms with Gasteiger partial charge in [0.2, 0.25) is 5.76 Å². The van der Waals surface area contributed by atoms with Gasteiger partial charge in [0.25, 0.3) is 5.91 Å². The van der Waals surface area contributed by atoms with E-state index in [1.165, 1.54) is 4.88 Å². The molecule has 3 rings (SSSR count). The van der Waals surface area contributed by atoms with Gasteiger partial charge in [-0.05, 0) is 25.7 Å². The van der Waals surface area contributed by atoms with Crippen LogP contribution in [0.5, 0.6) is 0 Å². The van der Waals surface area contributed by atoms with Gasteiger partial charge in [-0.3, -0.25) is 4.79 Å². The van der Waals surface area contributed by atoms with Crippen LogP contribution in [0, 0.1) is 6.92 Å². The van der Waals surface area contributed by atoms with Crippen LogP contribution < -0.4 is 0 Å². The first-order valence-corrected chi connectivity index (χ1v) is 8.54. The van der Waals surface area contributed by atoms with Gasteiger partial charge in [0.15, 0.2) is 0 Å². The van der Waals surface area contributed by atoms with E-state index >= 15 is 0 Å². The lowest BCUT2D eigenvalue weighted by Gasteiger charge is -2.31. The highest BCUT2D eigenvalue weighted by molar-refractivity contribution is 7.11. The van der Waals surface area contributed by atoms with E-state index in [2.05, 4.69) is 17.1 Å². The predicted octanol–water partition coefficient (Wildman–Crippen LogP) is 3.58. The van der Waals surface area contributed by atoms with Crippen LogP contribution in [0.2, 0.25) is 0 Å². The smallest absolute Gasteiger partial charge is 0.292 e. The van der Waals surface area contributed by atoms with E-state index in [1.54, 1.807) is 17.4 Å². The van der Waals surface area contributed by atoms with E-state index in [1.807, 2.05) is 24.9 Å². The average molecular weight is 319 g/mol. The minimum atomic E-state index is -0.0580. The fourth-order valence-corrected chi connectivity index (χ4v) is 3.64. The zero-order chi connectivity index (χ0) is 15.7. The number of thiazole rings is 1. The topological polar surface area (TPSA) is 59.2 Å². The van der Waals surface area contributed by atoms with Gasteiger partial charge in [0.1, 0.15) is 0 Å². The number of carbonyl (C=O) groups is 1. The standard InChI is InChI=1S/C16H21N3O2S/c1-10(2)13-7-14(21-18-13)16(20)19-6-4-5-12(9-19)15-17-8-11(3)22-15/h7-8,10,12H,4-6,9H2,1-3H3/t12-/m0/s1. The van der Waals surface area contributed by atoms with E-state index in [9.17, 15) is 4.79 Å². The Morgan fingerprint density at radius 3 is 2.95 bits per heavy atom. The quantitative estimate of drug-likeness (QED) is 0.867. The molecule has 1 atom stereocenters. The number of nitrogens with zero attached hydrogens (tertiary/aromatic N) is 3. The highest BCUT2D eigenvalue weighted by atomic mass is 32.1. The molecule has 0 N–H and O–H groups in total. The molecule has 1 aliphatic heterocycles. The molecule has 0 unspecified atom stereocenters. The number of piperidine rings is 1. The van der Waals surface area contributed by atoms with Crippen LogP contribution in [-0.2, 0) is 0 Å². The van der Waals surface area contributed by atoms with Gasteiger partial charge in [-0.15, -0.1) is 11.3 Å². The molecule has 22 heavy (non-hydrogen) atoms. The third-order valence-corrected chi connectivity index (χ3v) is 5.10.